The molecule has 6 heteroatoms. The van der Waals surface area contributed by atoms with Crippen LogP contribution in [0.3, 0.4) is 0 Å². The Morgan fingerprint density at radius 1 is 1.44 bits per heavy atom. The van der Waals surface area contributed by atoms with Crippen LogP contribution in [0, 0.1) is 11.9 Å². The topological polar surface area (TPSA) is 76.3 Å². The first kappa shape index (κ1) is 12.5. The lowest BCUT2D eigenvalue weighted by molar-refractivity contribution is -0.123. The van der Waals surface area contributed by atoms with Crippen molar-refractivity contribution in [1.29, 1.82) is 0 Å². The van der Waals surface area contributed by atoms with Gasteiger partial charge in [0, 0.05) is 13.1 Å². The SMILES string of the molecule is NC(=O)C1CCCN(C(=O)c2cccc(F)n2)C1. The molecule has 2 N–H and O–H groups in total. The van der Waals surface area contributed by atoms with Gasteiger partial charge in [0.2, 0.25) is 11.9 Å². The Hall–Kier alpha value is -1.98. The van der Waals surface area contributed by atoms with Gasteiger partial charge in [0.1, 0.15) is 5.69 Å². The molecule has 0 aromatic carbocycles. The summed E-state index contributed by atoms with van der Waals surface area (Å²) in [6.45, 7) is 0.827. The monoisotopic (exact) mass is 251 g/mol. The first-order valence-electron chi connectivity index (χ1n) is 5.79. The van der Waals surface area contributed by atoms with Crippen LogP contribution in [-0.4, -0.2) is 34.8 Å². The second kappa shape index (κ2) is 5.12. The smallest absolute Gasteiger partial charge is 0.272 e. The van der Waals surface area contributed by atoms with Gasteiger partial charge < -0.3 is 10.6 Å². The van der Waals surface area contributed by atoms with Crippen LogP contribution in [0.4, 0.5) is 4.39 Å². The van der Waals surface area contributed by atoms with Crippen LogP contribution in [0.5, 0.6) is 0 Å². The zero-order valence-electron chi connectivity index (χ0n) is 9.80. The Bertz CT molecular complexity index is 478. The number of rotatable bonds is 2. The number of aromatic nitrogens is 1. The molecular formula is C12H14FN3O2. The van der Waals surface area contributed by atoms with E-state index in [1.165, 1.54) is 23.1 Å². The van der Waals surface area contributed by atoms with Gasteiger partial charge in [-0.25, -0.2) is 4.98 Å². The quantitative estimate of drug-likeness (QED) is 0.780. The number of nitrogens with two attached hydrogens (primary N) is 1. The number of hydrogen-bond donors (Lipinski definition) is 1. The minimum absolute atomic E-state index is 0.0557. The van der Waals surface area contributed by atoms with Crippen molar-refractivity contribution in [1.82, 2.24) is 9.88 Å². The molecule has 1 saturated heterocycles. The maximum atomic E-state index is 12.9. The lowest BCUT2D eigenvalue weighted by atomic mass is 9.97. The molecule has 1 aliphatic rings. The molecule has 1 unspecified atom stereocenters. The van der Waals surface area contributed by atoms with Crippen LogP contribution < -0.4 is 5.73 Å². The molecule has 1 aliphatic heterocycles. The third kappa shape index (κ3) is 2.64. The molecule has 0 radical (unpaired) electrons. The summed E-state index contributed by atoms with van der Waals surface area (Å²) >= 11 is 0. The van der Waals surface area contributed by atoms with Gasteiger partial charge in [0.25, 0.3) is 5.91 Å². The molecule has 2 amide bonds. The van der Waals surface area contributed by atoms with Crippen molar-refractivity contribution >= 4 is 11.8 Å². The number of pyridine rings is 1. The van der Waals surface area contributed by atoms with Crippen molar-refractivity contribution < 1.29 is 14.0 Å². The molecule has 1 aromatic rings. The van der Waals surface area contributed by atoms with Crippen LogP contribution in [0.15, 0.2) is 18.2 Å². The Morgan fingerprint density at radius 2 is 2.22 bits per heavy atom. The summed E-state index contributed by atoms with van der Waals surface area (Å²) in [6.07, 6.45) is 1.41. The van der Waals surface area contributed by atoms with Gasteiger partial charge >= 0.3 is 0 Å². The van der Waals surface area contributed by atoms with Gasteiger partial charge in [-0.05, 0) is 25.0 Å². The minimum Gasteiger partial charge on any atom is -0.369 e. The van der Waals surface area contributed by atoms with E-state index in [4.69, 9.17) is 5.73 Å². The van der Waals surface area contributed by atoms with Crippen LogP contribution in [0.1, 0.15) is 23.3 Å². The van der Waals surface area contributed by atoms with E-state index < -0.39 is 11.9 Å². The largest absolute Gasteiger partial charge is 0.369 e. The molecule has 0 aliphatic carbocycles. The third-order valence-corrected chi connectivity index (χ3v) is 3.05. The summed E-state index contributed by atoms with van der Waals surface area (Å²) in [7, 11) is 0. The maximum Gasteiger partial charge on any atom is 0.272 e. The summed E-state index contributed by atoms with van der Waals surface area (Å²) in [4.78, 5) is 28.2. The fraction of sp³-hybridized carbons (Fsp3) is 0.417. The standard InChI is InChI=1S/C12H14FN3O2/c13-10-5-1-4-9(15-10)12(18)16-6-2-3-8(7-16)11(14)17/h1,4-5,8H,2-3,6-7H2,(H2,14,17). The normalized spacial score (nSPS) is 19.6. The summed E-state index contributed by atoms with van der Waals surface area (Å²) in [5.41, 5.74) is 5.30. The summed E-state index contributed by atoms with van der Waals surface area (Å²) in [5, 5.41) is 0. The summed E-state index contributed by atoms with van der Waals surface area (Å²) < 4.78 is 12.9. The molecule has 2 heterocycles. The predicted octanol–water partition coefficient (Wildman–Crippen LogP) is 0.558. The number of primary amides is 1. The number of likely N-dealkylation sites (tertiary alicyclic amines) is 1. The van der Waals surface area contributed by atoms with Gasteiger partial charge in [-0.3, -0.25) is 9.59 Å². The van der Waals surface area contributed by atoms with Crippen molar-refractivity contribution in [2.45, 2.75) is 12.8 Å². The number of carbonyl (C=O) groups is 2. The highest BCUT2D eigenvalue weighted by atomic mass is 19.1. The van der Waals surface area contributed by atoms with E-state index in [9.17, 15) is 14.0 Å². The molecule has 1 fully saturated rings. The zero-order chi connectivity index (χ0) is 13.1. The third-order valence-electron chi connectivity index (χ3n) is 3.05. The first-order valence-corrected chi connectivity index (χ1v) is 5.79. The highest BCUT2D eigenvalue weighted by Gasteiger charge is 2.28. The van der Waals surface area contributed by atoms with Crippen molar-refractivity contribution in [2.24, 2.45) is 11.7 Å². The first-order chi connectivity index (χ1) is 8.58. The van der Waals surface area contributed by atoms with E-state index in [0.29, 0.717) is 19.4 Å². The van der Waals surface area contributed by atoms with E-state index in [2.05, 4.69) is 4.98 Å². The van der Waals surface area contributed by atoms with E-state index in [0.717, 1.165) is 0 Å². The van der Waals surface area contributed by atoms with Gasteiger partial charge in [0.05, 0.1) is 5.92 Å². The zero-order valence-corrected chi connectivity index (χ0v) is 9.80. The number of halogens is 1. The Kier molecular flexibility index (Phi) is 3.55. The van der Waals surface area contributed by atoms with Gasteiger partial charge in [-0.15, -0.1) is 0 Å². The fourth-order valence-corrected chi connectivity index (χ4v) is 2.08. The van der Waals surface area contributed by atoms with Crippen molar-refractivity contribution in [2.75, 3.05) is 13.1 Å². The van der Waals surface area contributed by atoms with E-state index >= 15 is 0 Å². The molecule has 1 aromatic heterocycles. The van der Waals surface area contributed by atoms with E-state index in [1.807, 2.05) is 0 Å². The maximum absolute atomic E-state index is 12.9. The lowest BCUT2D eigenvalue weighted by Gasteiger charge is -2.30. The molecule has 1 atom stereocenters. The number of nitrogens with zero attached hydrogens (tertiary/aromatic N) is 2. The Balaban J connectivity index is 2.11. The van der Waals surface area contributed by atoms with Gasteiger partial charge in [-0.1, -0.05) is 6.07 Å². The van der Waals surface area contributed by atoms with E-state index in [1.54, 1.807) is 0 Å². The highest BCUT2D eigenvalue weighted by molar-refractivity contribution is 5.92. The summed E-state index contributed by atoms with van der Waals surface area (Å²) in [5.74, 6) is -1.78. The van der Waals surface area contributed by atoms with Crippen LogP contribution in [-0.2, 0) is 4.79 Å². The van der Waals surface area contributed by atoms with Crippen molar-refractivity contribution in [3.63, 3.8) is 0 Å². The molecule has 0 spiro atoms. The van der Waals surface area contributed by atoms with Crippen molar-refractivity contribution in [3.05, 3.63) is 29.8 Å². The number of hydrogen-bond acceptors (Lipinski definition) is 3. The van der Waals surface area contributed by atoms with Gasteiger partial charge in [-0.2, -0.15) is 4.39 Å². The second-order valence-electron chi connectivity index (χ2n) is 4.34. The van der Waals surface area contributed by atoms with Crippen molar-refractivity contribution in [3.8, 4) is 0 Å². The minimum atomic E-state index is -0.690. The molecular weight excluding hydrogens is 237 g/mol. The second-order valence-corrected chi connectivity index (χ2v) is 4.34. The molecule has 18 heavy (non-hydrogen) atoms. The molecule has 0 saturated carbocycles. The predicted molar refractivity (Wildman–Crippen MR) is 62.0 cm³/mol. The number of amides is 2. The summed E-state index contributed by atoms with van der Waals surface area (Å²) in [6, 6.07) is 4.07. The molecule has 96 valence electrons. The number of piperidine rings is 1. The molecule has 0 bridgehead atoms. The average molecular weight is 251 g/mol. The van der Waals surface area contributed by atoms with E-state index in [-0.39, 0.29) is 24.1 Å². The van der Waals surface area contributed by atoms with Crippen LogP contribution in [0.25, 0.3) is 0 Å². The molecule has 5 nitrogen and oxygen atoms in total. The Morgan fingerprint density at radius 3 is 2.89 bits per heavy atom. The highest BCUT2D eigenvalue weighted by Crippen LogP contribution is 2.17. The van der Waals surface area contributed by atoms with Crippen LogP contribution in [0.2, 0.25) is 0 Å². The average Bonchev–Trinajstić information content (AvgIpc) is 2.38. The van der Waals surface area contributed by atoms with Gasteiger partial charge in [0.15, 0.2) is 0 Å². The Labute approximate surface area is 104 Å². The van der Waals surface area contributed by atoms with Crippen LogP contribution >= 0.6 is 0 Å². The fourth-order valence-electron chi connectivity index (χ4n) is 2.08. The lowest BCUT2D eigenvalue weighted by Crippen LogP contribution is -2.44. The molecule has 2 rings (SSSR count). The number of carbonyl (C=O) groups excluding carboxylic acids is 2.